The Bertz CT molecular complexity index is 842. The fourth-order valence-corrected chi connectivity index (χ4v) is 2.59. The standard InChI is InChI=1S/C18H14N2O/c1-18(21,15-6-2-4-13(10-15)11-19)17-7-3-5-14-12-20-9-8-16(14)17/h2-10,12,21H,1H3. The van der Waals surface area contributed by atoms with Crippen LogP contribution in [-0.2, 0) is 5.60 Å². The Balaban J connectivity index is 2.22. The highest BCUT2D eigenvalue weighted by Crippen LogP contribution is 2.34. The van der Waals surface area contributed by atoms with E-state index in [0.29, 0.717) is 11.1 Å². The number of rotatable bonds is 2. The zero-order chi connectivity index (χ0) is 14.9. The fourth-order valence-electron chi connectivity index (χ4n) is 2.59. The van der Waals surface area contributed by atoms with Gasteiger partial charge >= 0.3 is 0 Å². The summed E-state index contributed by atoms with van der Waals surface area (Å²) < 4.78 is 0. The van der Waals surface area contributed by atoms with Gasteiger partial charge in [-0.2, -0.15) is 5.26 Å². The molecule has 0 amide bonds. The summed E-state index contributed by atoms with van der Waals surface area (Å²) in [4.78, 5) is 4.11. The van der Waals surface area contributed by atoms with Gasteiger partial charge in [-0.3, -0.25) is 4.98 Å². The second-order valence-electron chi connectivity index (χ2n) is 5.17. The molecule has 0 bridgehead atoms. The summed E-state index contributed by atoms with van der Waals surface area (Å²) in [6.45, 7) is 1.75. The minimum Gasteiger partial charge on any atom is -0.381 e. The molecule has 2 aromatic carbocycles. The first-order valence-corrected chi connectivity index (χ1v) is 6.69. The van der Waals surface area contributed by atoms with Crippen molar-refractivity contribution < 1.29 is 5.11 Å². The topological polar surface area (TPSA) is 56.9 Å². The molecule has 0 saturated carbocycles. The molecule has 1 N–H and O–H groups in total. The van der Waals surface area contributed by atoms with Crippen molar-refractivity contribution in [1.29, 1.82) is 5.26 Å². The first kappa shape index (κ1) is 13.3. The van der Waals surface area contributed by atoms with Crippen molar-refractivity contribution in [3.63, 3.8) is 0 Å². The summed E-state index contributed by atoms with van der Waals surface area (Å²) in [5.41, 5.74) is 0.867. The van der Waals surface area contributed by atoms with E-state index in [9.17, 15) is 5.11 Å². The maximum Gasteiger partial charge on any atom is 0.112 e. The average Bonchev–Trinajstić information content (AvgIpc) is 2.54. The molecule has 102 valence electrons. The average molecular weight is 274 g/mol. The van der Waals surface area contributed by atoms with E-state index in [1.807, 2.05) is 30.3 Å². The van der Waals surface area contributed by atoms with Crippen molar-refractivity contribution in [2.45, 2.75) is 12.5 Å². The molecule has 3 aromatic rings. The van der Waals surface area contributed by atoms with Crippen LogP contribution >= 0.6 is 0 Å². The first-order valence-electron chi connectivity index (χ1n) is 6.69. The van der Waals surface area contributed by atoms with Gasteiger partial charge in [0.2, 0.25) is 0 Å². The Kier molecular flexibility index (Phi) is 3.17. The quantitative estimate of drug-likeness (QED) is 0.779. The molecule has 3 rings (SSSR count). The van der Waals surface area contributed by atoms with Crippen LogP contribution in [0.5, 0.6) is 0 Å². The highest BCUT2D eigenvalue weighted by Gasteiger charge is 2.27. The molecule has 0 spiro atoms. The van der Waals surface area contributed by atoms with E-state index >= 15 is 0 Å². The van der Waals surface area contributed by atoms with Gasteiger partial charge in [-0.05, 0) is 41.6 Å². The predicted octanol–water partition coefficient (Wildman–Crippen LogP) is 3.36. The lowest BCUT2D eigenvalue weighted by Gasteiger charge is -2.26. The van der Waals surface area contributed by atoms with Crippen molar-refractivity contribution in [2.24, 2.45) is 0 Å². The van der Waals surface area contributed by atoms with E-state index in [0.717, 1.165) is 16.3 Å². The molecular formula is C18H14N2O. The Hall–Kier alpha value is -2.70. The number of nitrogens with zero attached hydrogens (tertiary/aromatic N) is 2. The third-order valence-corrected chi connectivity index (χ3v) is 3.76. The summed E-state index contributed by atoms with van der Waals surface area (Å²) in [5.74, 6) is 0. The van der Waals surface area contributed by atoms with Gasteiger partial charge in [0, 0.05) is 17.8 Å². The van der Waals surface area contributed by atoms with Crippen LogP contribution in [-0.4, -0.2) is 10.1 Å². The first-order chi connectivity index (χ1) is 10.1. The smallest absolute Gasteiger partial charge is 0.112 e. The maximum absolute atomic E-state index is 11.0. The largest absolute Gasteiger partial charge is 0.381 e. The minimum atomic E-state index is -1.17. The van der Waals surface area contributed by atoms with Gasteiger partial charge in [-0.1, -0.05) is 30.3 Å². The van der Waals surface area contributed by atoms with Crippen LogP contribution in [0.3, 0.4) is 0 Å². The lowest BCUT2D eigenvalue weighted by atomic mass is 9.85. The van der Waals surface area contributed by atoms with Crippen LogP contribution in [0.15, 0.2) is 60.9 Å². The van der Waals surface area contributed by atoms with Crippen LogP contribution < -0.4 is 0 Å². The van der Waals surface area contributed by atoms with Crippen molar-refractivity contribution in [1.82, 2.24) is 4.98 Å². The van der Waals surface area contributed by atoms with Crippen LogP contribution in [0.2, 0.25) is 0 Å². The van der Waals surface area contributed by atoms with Gasteiger partial charge in [0.15, 0.2) is 0 Å². The van der Waals surface area contributed by atoms with Crippen LogP contribution in [0.25, 0.3) is 10.8 Å². The summed E-state index contributed by atoms with van der Waals surface area (Å²) in [7, 11) is 0. The van der Waals surface area contributed by atoms with E-state index in [1.165, 1.54) is 0 Å². The predicted molar refractivity (Wildman–Crippen MR) is 81.6 cm³/mol. The molecule has 0 fully saturated rings. The van der Waals surface area contributed by atoms with Gasteiger partial charge < -0.3 is 5.11 Å². The number of fused-ring (bicyclic) bond motifs is 1. The summed E-state index contributed by atoms with van der Waals surface area (Å²) in [6.07, 6.45) is 3.49. The highest BCUT2D eigenvalue weighted by atomic mass is 16.3. The van der Waals surface area contributed by atoms with Crippen molar-refractivity contribution >= 4 is 10.8 Å². The second-order valence-corrected chi connectivity index (χ2v) is 5.17. The van der Waals surface area contributed by atoms with Crippen molar-refractivity contribution in [3.8, 4) is 6.07 Å². The van der Waals surface area contributed by atoms with Gasteiger partial charge in [-0.15, -0.1) is 0 Å². The molecule has 3 heteroatoms. The lowest BCUT2D eigenvalue weighted by Crippen LogP contribution is -2.23. The zero-order valence-electron chi connectivity index (χ0n) is 11.6. The van der Waals surface area contributed by atoms with Gasteiger partial charge in [0.05, 0.1) is 11.6 Å². The molecule has 3 nitrogen and oxygen atoms in total. The second kappa shape index (κ2) is 5.01. The minimum absolute atomic E-state index is 0.537. The Morgan fingerprint density at radius 1 is 1.14 bits per heavy atom. The highest BCUT2D eigenvalue weighted by molar-refractivity contribution is 5.86. The molecule has 1 unspecified atom stereocenters. The summed E-state index contributed by atoms with van der Waals surface area (Å²) in [5, 5.41) is 22.0. The summed E-state index contributed by atoms with van der Waals surface area (Å²) >= 11 is 0. The normalized spacial score (nSPS) is 13.6. The molecule has 1 atom stereocenters. The SMILES string of the molecule is CC(O)(c1cccc(C#N)c1)c1cccc2cnccc12. The number of aliphatic hydroxyl groups is 1. The van der Waals surface area contributed by atoms with Gasteiger partial charge in [0.25, 0.3) is 0 Å². The monoisotopic (exact) mass is 274 g/mol. The zero-order valence-corrected chi connectivity index (χ0v) is 11.6. The molecule has 0 aliphatic heterocycles. The van der Waals surface area contributed by atoms with Crippen LogP contribution in [0, 0.1) is 11.3 Å². The van der Waals surface area contributed by atoms with E-state index in [2.05, 4.69) is 11.1 Å². The Labute approximate surface area is 123 Å². The number of aromatic nitrogens is 1. The number of nitriles is 1. The van der Waals surface area contributed by atoms with E-state index in [4.69, 9.17) is 5.26 Å². The fraction of sp³-hybridized carbons (Fsp3) is 0.111. The van der Waals surface area contributed by atoms with E-state index in [-0.39, 0.29) is 0 Å². The maximum atomic E-state index is 11.0. The number of pyridine rings is 1. The van der Waals surface area contributed by atoms with Crippen molar-refractivity contribution in [2.75, 3.05) is 0 Å². The number of hydrogen-bond donors (Lipinski definition) is 1. The van der Waals surface area contributed by atoms with Crippen LogP contribution in [0.4, 0.5) is 0 Å². The molecule has 0 aliphatic rings. The lowest BCUT2D eigenvalue weighted by molar-refractivity contribution is 0.104. The van der Waals surface area contributed by atoms with Crippen LogP contribution in [0.1, 0.15) is 23.6 Å². The van der Waals surface area contributed by atoms with Crippen molar-refractivity contribution in [3.05, 3.63) is 77.6 Å². The molecule has 0 aliphatic carbocycles. The summed E-state index contributed by atoms with van der Waals surface area (Å²) in [6, 6.07) is 16.8. The van der Waals surface area contributed by atoms with Gasteiger partial charge in [-0.25, -0.2) is 0 Å². The number of hydrogen-bond acceptors (Lipinski definition) is 3. The molecule has 1 aromatic heterocycles. The third kappa shape index (κ3) is 2.26. The Morgan fingerprint density at radius 3 is 2.76 bits per heavy atom. The van der Waals surface area contributed by atoms with E-state index < -0.39 is 5.60 Å². The Morgan fingerprint density at radius 2 is 1.95 bits per heavy atom. The molecule has 21 heavy (non-hydrogen) atoms. The molecule has 0 radical (unpaired) electrons. The molecule has 0 saturated heterocycles. The molecular weight excluding hydrogens is 260 g/mol. The third-order valence-electron chi connectivity index (χ3n) is 3.76. The van der Waals surface area contributed by atoms with E-state index in [1.54, 1.807) is 37.5 Å². The molecule has 1 heterocycles. The van der Waals surface area contributed by atoms with Gasteiger partial charge in [0.1, 0.15) is 5.60 Å². The number of benzene rings is 2.